The predicted molar refractivity (Wildman–Crippen MR) is 93.8 cm³/mol. The molecule has 7 heteroatoms. The first kappa shape index (κ1) is 17.6. The summed E-state index contributed by atoms with van der Waals surface area (Å²) in [6, 6.07) is 13.7. The zero-order chi connectivity index (χ0) is 18.5. The zero-order valence-electron chi connectivity index (χ0n) is 13.9. The van der Waals surface area contributed by atoms with E-state index in [4.69, 9.17) is 0 Å². The van der Waals surface area contributed by atoms with E-state index in [0.717, 1.165) is 10.5 Å². The Labute approximate surface area is 150 Å². The minimum atomic E-state index is -0.638. The lowest BCUT2D eigenvalue weighted by atomic mass is 10.1. The van der Waals surface area contributed by atoms with Crippen molar-refractivity contribution in [3.63, 3.8) is 0 Å². The molecule has 2 aromatic rings. The summed E-state index contributed by atoms with van der Waals surface area (Å²) in [5, 5.41) is 5.14. The van der Waals surface area contributed by atoms with Crippen LogP contribution < -0.4 is 10.6 Å². The number of benzene rings is 2. The highest BCUT2D eigenvalue weighted by Gasteiger charge is 2.38. The quantitative estimate of drug-likeness (QED) is 0.781. The molecule has 1 aliphatic rings. The van der Waals surface area contributed by atoms with E-state index in [1.54, 1.807) is 0 Å². The Balaban J connectivity index is 1.54. The third-order valence-electron chi connectivity index (χ3n) is 4.10. The molecule has 1 saturated heterocycles. The number of halogens is 1. The SMILES string of the molecule is O=C(CN1C(=O)N[C@H](CCc2ccccc2)C1=O)Nc1ccc(F)cc1. The maximum Gasteiger partial charge on any atom is 0.325 e. The molecule has 2 N–H and O–H groups in total. The maximum atomic E-state index is 12.9. The topological polar surface area (TPSA) is 78.5 Å². The molecular formula is C19H18FN3O3. The molecule has 0 saturated carbocycles. The number of rotatable bonds is 6. The average Bonchev–Trinajstić information content (AvgIpc) is 2.90. The molecule has 26 heavy (non-hydrogen) atoms. The molecule has 134 valence electrons. The van der Waals surface area contributed by atoms with E-state index < -0.39 is 29.7 Å². The van der Waals surface area contributed by atoms with Gasteiger partial charge in [-0.3, -0.25) is 14.5 Å². The fraction of sp³-hybridized carbons (Fsp3) is 0.211. The van der Waals surface area contributed by atoms with Gasteiger partial charge in [-0.15, -0.1) is 0 Å². The van der Waals surface area contributed by atoms with Gasteiger partial charge >= 0.3 is 6.03 Å². The highest BCUT2D eigenvalue weighted by molar-refractivity contribution is 6.07. The third kappa shape index (κ3) is 4.24. The Morgan fingerprint density at radius 3 is 2.46 bits per heavy atom. The van der Waals surface area contributed by atoms with Gasteiger partial charge in [0.05, 0.1) is 0 Å². The second kappa shape index (κ2) is 7.77. The van der Waals surface area contributed by atoms with E-state index in [9.17, 15) is 18.8 Å². The van der Waals surface area contributed by atoms with Crippen molar-refractivity contribution >= 4 is 23.5 Å². The summed E-state index contributed by atoms with van der Waals surface area (Å²) in [5.41, 5.74) is 1.46. The lowest BCUT2D eigenvalue weighted by Crippen LogP contribution is -2.38. The van der Waals surface area contributed by atoms with Crippen molar-refractivity contribution in [2.75, 3.05) is 11.9 Å². The highest BCUT2D eigenvalue weighted by atomic mass is 19.1. The Morgan fingerprint density at radius 2 is 1.77 bits per heavy atom. The summed E-state index contributed by atoms with van der Waals surface area (Å²) in [6.07, 6.45) is 1.11. The van der Waals surface area contributed by atoms with E-state index in [-0.39, 0.29) is 6.54 Å². The van der Waals surface area contributed by atoms with Gasteiger partial charge in [0.1, 0.15) is 18.4 Å². The van der Waals surface area contributed by atoms with Gasteiger partial charge in [0.2, 0.25) is 5.91 Å². The molecule has 0 aliphatic carbocycles. The first-order chi connectivity index (χ1) is 12.5. The molecule has 3 rings (SSSR count). The van der Waals surface area contributed by atoms with Gasteiger partial charge in [-0.25, -0.2) is 9.18 Å². The first-order valence-electron chi connectivity index (χ1n) is 8.24. The lowest BCUT2D eigenvalue weighted by molar-refractivity contribution is -0.130. The van der Waals surface area contributed by atoms with E-state index in [1.807, 2.05) is 30.3 Å². The van der Waals surface area contributed by atoms with Crippen LogP contribution in [0, 0.1) is 5.82 Å². The summed E-state index contributed by atoms with van der Waals surface area (Å²) in [7, 11) is 0. The Hall–Kier alpha value is -3.22. The molecule has 0 spiro atoms. The number of carbonyl (C=O) groups excluding carboxylic acids is 3. The summed E-state index contributed by atoms with van der Waals surface area (Å²) >= 11 is 0. The van der Waals surface area contributed by atoms with E-state index in [2.05, 4.69) is 10.6 Å². The number of hydrogen-bond donors (Lipinski definition) is 2. The number of imide groups is 1. The molecule has 0 bridgehead atoms. The summed E-state index contributed by atoms with van der Waals surface area (Å²) in [4.78, 5) is 37.3. The average molecular weight is 355 g/mol. The molecule has 1 aliphatic heterocycles. The molecule has 1 heterocycles. The second-order valence-corrected chi connectivity index (χ2v) is 6.01. The summed E-state index contributed by atoms with van der Waals surface area (Å²) < 4.78 is 12.9. The number of urea groups is 1. The molecule has 4 amide bonds. The second-order valence-electron chi connectivity index (χ2n) is 6.01. The molecule has 0 radical (unpaired) electrons. The fourth-order valence-corrected chi connectivity index (χ4v) is 2.76. The first-order valence-corrected chi connectivity index (χ1v) is 8.24. The molecule has 0 unspecified atom stereocenters. The van der Waals surface area contributed by atoms with E-state index >= 15 is 0 Å². The zero-order valence-corrected chi connectivity index (χ0v) is 13.9. The largest absolute Gasteiger partial charge is 0.326 e. The lowest BCUT2D eigenvalue weighted by Gasteiger charge is -2.13. The number of carbonyl (C=O) groups is 3. The summed E-state index contributed by atoms with van der Waals surface area (Å²) in [5.74, 6) is -1.36. The van der Waals surface area contributed by atoms with Crippen molar-refractivity contribution < 1.29 is 18.8 Å². The van der Waals surface area contributed by atoms with Crippen LogP contribution in [0.25, 0.3) is 0 Å². The molecule has 1 fully saturated rings. The van der Waals surface area contributed by atoms with Crippen molar-refractivity contribution in [3.05, 3.63) is 66.0 Å². The van der Waals surface area contributed by atoms with Crippen LogP contribution >= 0.6 is 0 Å². The number of nitrogens with one attached hydrogen (secondary N) is 2. The predicted octanol–water partition coefficient (Wildman–Crippen LogP) is 2.32. The smallest absolute Gasteiger partial charge is 0.325 e. The van der Waals surface area contributed by atoms with Crippen molar-refractivity contribution in [1.29, 1.82) is 0 Å². The fourth-order valence-electron chi connectivity index (χ4n) is 2.76. The standard InChI is InChI=1S/C19H18FN3O3/c20-14-7-9-15(10-8-14)21-17(24)12-23-18(25)16(22-19(23)26)11-6-13-4-2-1-3-5-13/h1-5,7-10,16H,6,11-12H2,(H,21,24)(H,22,26)/t16-/m1/s1. The van der Waals surface area contributed by atoms with Crippen LogP contribution in [0.2, 0.25) is 0 Å². The van der Waals surface area contributed by atoms with Crippen LogP contribution in [0.5, 0.6) is 0 Å². The number of hydrogen-bond acceptors (Lipinski definition) is 3. The van der Waals surface area contributed by atoms with Gasteiger partial charge in [-0.1, -0.05) is 30.3 Å². The van der Waals surface area contributed by atoms with Crippen molar-refractivity contribution in [1.82, 2.24) is 10.2 Å². The van der Waals surface area contributed by atoms with Gasteiger partial charge in [-0.2, -0.15) is 0 Å². The van der Waals surface area contributed by atoms with Gasteiger partial charge in [0, 0.05) is 5.69 Å². The maximum absolute atomic E-state index is 12.9. The molecule has 0 aromatic heterocycles. The van der Waals surface area contributed by atoms with Gasteiger partial charge in [-0.05, 0) is 42.7 Å². The van der Waals surface area contributed by atoms with E-state index in [0.29, 0.717) is 18.5 Å². The van der Waals surface area contributed by atoms with Crippen molar-refractivity contribution in [2.24, 2.45) is 0 Å². The van der Waals surface area contributed by atoms with Crippen LogP contribution in [0.3, 0.4) is 0 Å². The molecule has 1 atom stereocenters. The monoisotopic (exact) mass is 355 g/mol. The Morgan fingerprint density at radius 1 is 1.08 bits per heavy atom. The van der Waals surface area contributed by atoms with Crippen LogP contribution in [-0.4, -0.2) is 35.3 Å². The van der Waals surface area contributed by atoms with Gasteiger partial charge in [0.15, 0.2) is 0 Å². The van der Waals surface area contributed by atoms with E-state index in [1.165, 1.54) is 24.3 Å². The van der Waals surface area contributed by atoms with Crippen molar-refractivity contribution in [2.45, 2.75) is 18.9 Å². The molecular weight excluding hydrogens is 337 g/mol. The minimum absolute atomic E-state index is 0.385. The number of amides is 4. The van der Waals surface area contributed by atoms with Crippen LogP contribution in [-0.2, 0) is 16.0 Å². The molecule has 2 aromatic carbocycles. The van der Waals surface area contributed by atoms with Crippen LogP contribution in [0.1, 0.15) is 12.0 Å². The minimum Gasteiger partial charge on any atom is -0.326 e. The number of anilines is 1. The molecule has 6 nitrogen and oxygen atoms in total. The number of aryl methyl sites for hydroxylation is 1. The summed E-state index contributed by atoms with van der Waals surface area (Å²) in [6.45, 7) is -0.385. The number of nitrogens with zero attached hydrogens (tertiary/aromatic N) is 1. The Kier molecular flexibility index (Phi) is 5.26. The Bertz CT molecular complexity index is 809. The highest BCUT2D eigenvalue weighted by Crippen LogP contribution is 2.14. The van der Waals surface area contributed by atoms with Crippen LogP contribution in [0.15, 0.2) is 54.6 Å². The van der Waals surface area contributed by atoms with Gasteiger partial charge < -0.3 is 10.6 Å². The van der Waals surface area contributed by atoms with Gasteiger partial charge in [0.25, 0.3) is 5.91 Å². The van der Waals surface area contributed by atoms with Crippen LogP contribution in [0.4, 0.5) is 14.9 Å². The third-order valence-corrected chi connectivity index (χ3v) is 4.10. The van der Waals surface area contributed by atoms with Crippen molar-refractivity contribution in [3.8, 4) is 0 Å². The normalized spacial score (nSPS) is 16.5.